The van der Waals surface area contributed by atoms with Gasteiger partial charge in [-0.2, -0.15) is 0 Å². The second-order valence-corrected chi connectivity index (χ2v) is 5.88. The van der Waals surface area contributed by atoms with Crippen LogP contribution in [0.3, 0.4) is 0 Å². The zero-order chi connectivity index (χ0) is 14.9. The van der Waals surface area contributed by atoms with Crippen LogP contribution in [-0.2, 0) is 20.7 Å². The smallest absolute Gasteiger partial charge is 0.235 e. The molecule has 3 N–H and O–H groups in total. The van der Waals surface area contributed by atoms with Gasteiger partial charge in [0.05, 0.1) is 19.3 Å². The van der Waals surface area contributed by atoms with Crippen molar-refractivity contribution < 1.29 is 14.3 Å². The summed E-state index contributed by atoms with van der Waals surface area (Å²) in [7, 11) is 0. The normalized spacial score (nSPS) is 26.3. The quantitative estimate of drug-likeness (QED) is 0.747. The molecule has 1 aliphatic heterocycles. The third-order valence-corrected chi connectivity index (χ3v) is 4.42. The predicted molar refractivity (Wildman–Crippen MR) is 75.0 cm³/mol. The van der Waals surface area contributed by atoms with E-state index in [1.165, 1.54) is 0 Å². The summed E-state index contributed by atoms with van der Waals surface area (Å²) in [6, 6.07) is 3.86. The Balaban J connectivity index is 1.62. The SMILES string of the molecule is NC(=O)C1(C(=O)N[C@H]2COC[C@H]2Cc2ccncc2)CC1. The van der Waals surface area contributed by atoms with Crippen LogP contribution >= 0.6 is 0 Å². The van der Waals surface area contributed by atoms with Gasteiger partial charge >= 0.3 is 0 Å². The molecule has 1 saturated heterocycles. The molecule has 1 aromatic rings. The first-order chi connectivity index (χ1) is 10.1. The number of pyridine rings is 1. The van der Waals surface area contributed by atoms with Gasteiger partial charge in [0.15, 0.2) is 0 Å². The first-order valence-electron chi connectivity index (χ1n) is 7.19. The van der Waals surface area contributed by atoms with E-state index in [2.05, 4.69) is 10.3 Å². The molecule has 2 amide bonds. The molecule has 6 heteroatoms. The molecule has 21 heavy (non-hydrogen) atoms. The van der Waals surface area contributed by atoms with Crippen molar-refractivity contribution in [3.05, 3.63) is 30.1 Å². The summed E-state index contributed by atoms with van der Waals surface area (Å²) < 4.78 is 5.49. The second-order valence-electron chi connectivity index (χ2n) is 5.88. The van der Waals surface area contributed by atoms with Gasteiger partial charge < -0.3 is 15.8 Å². The van der Waals surface area contributed by atoms with Gasteiger partial charge in [0.2, 0.25) is 11.8 Å². The minimum Gasteiger partial charge on any atom is -0.379 e. The van der Waals surface area contributed by atoms with Crippen molar-refractivity contribution in [2.24, 2.45) is 17.1 Å². The standard InChI is InChI=1S/C15H19N3O3/c16-13(19)15(3-4-15)14(20)18-12-9-21-8-11(12)7-10-1-5-17-6-2-10/h1-2,5-6,11-12H,3-4,7-9H2,(H2,16,19)(H,18,20)/t11-,12+/m1/s1. The fourth-order valence-electron chi connectivity index (χ4n) is 2.80. The fraction of sp³-hybridized carbons (Fsp3) is 0.533. The molecule has 0 aromatic carbocycles. The lowest BCUT2D eigenvalue weighted by molar-refractivity contribution is -0.136. The number of aromatic nitrogens is 1. The van der Waals surface area contributed by atoms with Crippen LogP contribution in [0.2, 0.25) is 0 Å². The summed E-state index contributed by atoms with van der Waals surface area (Å²) in [5, 5.41) is 2.95. The Bertz CT molecular complexity index is 542. The van der Waals surface area contributed by atoms with Gasteiger partial charge in [-0.05, 0) is 37.0 Å². The van der Waals surface area contributed by atoms with Crippen LogP contribution < -0.4 is 11.1 Å². The Morgan fingerprint density at radius 1 is 1.33 bits per heavy atom. The number of rotatable bonds is 5. The highest BCUT2D eigenvalue weighted by Gasteiger charge is 2.56. The lowest BCUT2D eigenvalue weighted by Gasteiger charge is -2.21. The maximum absolute atomic E-state index is 12.2. The van der Waals surface area contributed by atoms with Crippen LogP contribution in [0.15, 0.2) is 24.5 Å². The summed E-state index contributed by atoms with van der Waals surface area (Å²) in [6.45, 7) is 1.09. The first-order valence-corrected chi connectivity index (χ1v) is 7.19. The van der Waals surface area contributed by atoms with Crippen LogP contribution in [0.25, 0.3) is 0 Å². The van der Waals surface area contributed by atoms with Crippen LogP contribution in [0.5, 0.6) is 0 Å². The van der Waals surface area contributed by atoms with Gasteiger partial charge in [0.1, 0.15) is 5.41 Å². The largest absolute Gasteiger partial charge is 0.379 e. The second kappa shape index (κ2) is 5.44. The van der Waals surface area contributed by atoms with Crippen LogP contribution in [0.4, 0.5) is 0 Å². The van der Waals surface area contributed by atoms with Gasteiger partial charge in [-0.15, -0.1) is 0 Å². The summed E-state index contributed by atoms with van der Waals surface area (Å²) in [4.78, 5) is 27.6. The van der Waals surface area contributed by atoms with Crippen molar-refractivity contribution in [2.45, 2.75) is 25.3 Å². The maximum atomic E-state index is 12.2. The molecule has 0 unspecified atom stereocenters. The molecule has 2 heterocycles. The summed E-state index contributed by atoms with van der Waals surface area (Å²) >= 11 is 0. The van der Waals surface area contributed by atoms with Gasteiger partial charge in [-0.1, -0.05) is 0 Å². The van der Waals surface area contributed by atoms with Crippen LogP contribution in [0.1, 0.15) is 18.4 Å². The molecule has 2 fully saturated rings. The van der Waals surface area contributed by atoms with E-state index in [0.29, 0.717) is 26.1 Å². The summed E-state index contributed by atoms with van der Waals surface area (Å²) in [5.41, 5.74) is 5.52. The molecule has 6 nitrogen and oxygen atoms in total. The van der Waals surface area contributed by atoms with Crippen molar-refractivity contribution in [2.75, 3.05) is 13.2 Å². The number of carbonyl (C=O) groups excluding carboxylic acids is 2. The van der Waals surface area contributed by atoms with Crippen LogP contribution in [-0.4, -0.2) is 36.1 Å². The van der Waals surface area contributed by atoms with Crippen LogP contribution in [0, 0.1) is 11.3 Å². The zero-order valence-electron chi connectivity index (χ0n) is 11.7. The topological polar surface area (TPSA) is 94.3 Å². The predicted octanol–water partition coefficient (Wildman–Crippen LogP) is 0.0208. The molecule has 0 bridgehead atoms. The minimum atomic E-state index is -0.968. The number of hydrogen-bond acceptors (Lipinski definition) is 4. The highest BCUT2D eigenvalue weighted by Crippen LogP contribution is 2.45. The number of carbonyl (C=O) groups is 2. The molecular formula is C15H19N3O3. The van der Waals surface area contributed by atoms with E-state index in [9.17, 15) is 9.59 Å². The molecule has 1 saturated carbocycles. The first kappa shape index (κ1) is 14.0. The van der Waals surface area contributed by atoms with Gasteiger partial charge in [-0.3, -0.25) is 14.6 Å². The van der Waals surface area contributed by atoms with Crippen molar-refractivity contribution >= 4 is 11.8 Å². The number of nitrogens with one attached hydrogen (secondary N) is 1. The number of hydrogen-bond donors (Lipinski definition) is 2. The van der Waals surface area contributed by atoms with Crippen molar-refractivity contribution in [1.82, 2.24) is 10.3 Å². The average Bonchev–Trinajstić information content (AvgIpc) is 3.19. The molecule has 2 aliphatic rings. The Morgan fingerprint density at radius 3 is 2.67 bits per heavy atom. The highest BCUT2D eigenvalue weighted by molar-refractivity contribution is 6.07. The molecular weight excluding hydrogens is 270 g/mol. The van der Waals surface area contributed by atoms with Gasteiger partial charge in [-0.25, -0.2) is 0 Å². The molecule has 3 rings (SSSR count). The van der Waals surface area contributed by atoms with E-state index < -0.39 is 11.3 Å². The fourth-order valence-corrected chi connectivity index (χ4v) is 2.80. The molecule has 0 radical (unpaired) electrons. The summed E-state index contributed by atoms with van der Waals surface area (Å²) in [5.74, 6) is -0.560. The highest BCUT2D eigenvalue weighted by atomic mass is 16.5. The van der Waals surface area contributed by atoms with E-state index in [-0.39, 0.29) is 17.9 Å². The van der Waals surface area contributed by atoms with Crippen molar-refractivity contribution in [1.29, 1.82) is 0 Å². The Morgan fingerprint density at radius 2 is 2.05 bits per heavy atom. The number of nitrogens with two attached hydrogens (primary N) is 1. The molecule has 0 spiro atoms. The lowest BCUT2D eigenvalue weighted by atomic mass is 9.94. The van der Waals surface area contributed by atoms with Gasteiger partial charge in [0, 0.05) is 18.3 Å². The molecule has 1 aromatic heterocycles. The monoisotopic (exact) mass is 289 g/mol. The van der Waals surface area contributed by atoms with E-state index in [4.69, 9.17) is 10.5 Å². The van der Waals surface area contributed by atoms with E-state index in [0.717, 1.165) is 12.0 Å². The van der Waals surface area contributed by atoms with E-state index >= 15 is 0 Å². The third kappa shape index (κ3) is 2.76. The number of amides is 2. The summed E-state index contributed by atoms with van der Waals surface area (Å²) in [6.07, 6.45) is 5.43. The molecule has 112 valence electrons. The molecule has 1 aliphatic carbocycles. The number of primary amides is 1. The zero-order valence-corrected chi connectivity index (χ0v) is 11.7. The lowest BCUT2D eigenvalue weighted by Crippen LogP contribution is -2.47. The van der Waals surface area contributed by atoms with Crippen molar-refractivity contribution in [3.63, 3.8) is 0 Å². The number of nitrogens with zero attached hydrogens (tertiary/aromatic N) is 1. The van der Waals surface area contributed by atoms with Crippen molar-refractivity contribution in [3.8, 4) is 0 Å². The van der Waals surface area contributed by atoms with Gasteiger partial charge in [0.25, 0.3) is 0 Å². The van der Waals surface area contributed by atoms with E-state index in [1.807, 2.05) is 12.1 Å². The molecule has 2 atom stereocenters. The Kier molecular flexibility index (Phi) is 3.63. The van der Waals surface area contributed by atoms with E-state index in [1.54, 1.807) is 12.4 Å². The average molecular weight is 289 g/mol. The Labute approximate surface area is 123 Å². The third-order valence-electron chi connectivity index (χ3n) is 4.42. The number of ether oxygens (including phenoxy) is 1. The minimum absolute atomic E-state index is 0.0671. The maximum Gasteiger partial charge on any atom is 0.235 e. The Hall–Kier alpha value is -1.95.